The van der Waals surface area contributed by atoms with Gasteiger partial charge in [-0.05, 0) is 39.9 Å². The Morgan fingerprint density at radius 2 is 2.20 bits per heavy atom. The van der Waals surface area contributed by atoms with Crippen molar-refractivity contribution in [2.75, 3.05) is 5.32 Å². The highest BCUT2D eigenvalue weighted by atomic mass is 79.9. The van der Waals surface area contributed by atoms with Gasteiger partial charge in [-0.2, -0.15) is 4.98 Å². The molecule has 0 aliphatic carbocycles. The molecule has 1 atom stereocenters. The molecule has 84 valence electrons. The summed E-state index contributed by atoms with van der Waals surface area (Å²) in [5.74, 6) is 1.31. The van der Waals surface area contributed by atoms with Crippen LogP contribution in [0, 0.1) is 5.92 Å². The minimum atomic E-state index is 0.263. The average molecular weight is 293 g/mol. The molecule has 0 bridgehead atoms. The summed E-state index contributed by atoms with van der Waals surface area (Å²) in [6.07, 6.45) is 2.70. The van der Waals surface area contributed by atoms with Crippen molar-refractivity contribution in [1.29, 1.82) is 0 Å². The summed E-state index contributed by atoms with van der Waals surface area (Å²) in [5, 5.41) is 3.62. The maximum Gasteiger partial charge on any atom is 0.224 e. The molecule has 1 unspecified atom stereocenters. The maximum atomic E-state index is 5.74. The zero-order chi connectivity index (χ0) is 11.4. The first kappa shape index (κ1) is 12.7. The van der Waals surface area contributed by atoms with E-state index in [-0.39, 0.29) is 5.28 Å². The third-order valence-corrected chi connectivity index (χ3v) is 3.04. The number of hydrogen-bond donors (Lipinski definition) is 1. The summed E-state index contributed by atoms with van der Waals surface area (Å²) in [6.45, 7) is 6.50. The molecule has 0 spiro atoms. The molecular weight excluding hydrogens is 277 g/mol. The summed E-state index contributed by atoms with van der Waals surface area (Å²) in [4.78, 5) is 8.02. The SMILES string of the molecule is CCC(Nc1nc(Cl)ncc1Br)C(C)C. The van der Waals surface area contributed by atoms with Crippen LogP contribution in [0.5, 0.6) is 0 Å². The summed E-state index contributed by atoms with van der Waals surface area (Å²) in [7, 11) is 0. The lowest BCUT2D eigenvalue weighted by atomic mass is 10.0. The van der Waals surface area contributed by atoms with Gasteiger partial charge < -0.3 is 5.32 Å². The Bertz CT molecular complexity index is 330. The van der Waals surface area contributed by atoms with E-state index < -0.39 is 0 Å². The van der Waals surface area contributed by atoms with Crippen LogP contribution < -0.4 is 5.32 Å². The minimum absolute atomic E-state index is 0.263. The van der Waals surface area contributed by atoms with E-state index in [1.165, 1.54) is 0 Å². The second kappa shape index (κ2) is 5.66. The highest BCUT2D eigenvalue weighted by Gasteiger charge is 2.13. The molecule has 1 aromatic heterocycles. The first-order chi connectivity index (χ1) is 7.04. The molecule has 0 radical (unpaired) electrons. The van der Waals surface area contributed by atoms with Gasteiger partial charge in [0, 0.05) is 12.2 Å². The molecule has 3 nitrogen and oxygen atoms in total. The van der Waals surface area contributed by atoms with Crippen molar-refractivity contribution in [3.05, 3.63) is 16.0 Å². The first-order valence-corrected chi connectivity index (χ1v) is 6.16. The number of halogens is 2. The highest BCUT2D eigenvalue weighted by molar-refractivity contribution is 9.10. The minimum Gasteiger partial charge on any atom is -0.366 e. The lowest BCUT2D eigenvalue weighted by Gasteiger charge is -2.21. The van der Waals surface area contributed by atoms with Gasteiger partial charge in [-0.25, -0.2) is 4.98 Å². The molecule has 0 amide bonds. The predicted molar refractivity (Wildman–Crippen MR) is 67.3 cm³/mol. The summed E-state index contributed by atoms with van der Waals surface area (Å²) >= 11 is 9.13. The van der Waals surface area contributed by atoms with Crippen molar-refractivity contribution < 1.29 is 0 Å². The third-order valence-electron chi connectivity index (χ3n) is 2.28. The zero-order valence-corrected chi connectivity index (χ0v) is 11.4. The molecule has 1 N–H and O–H groups in total. The number of nitrogens with one attached hydrogen (secondary N) is 1. The van der Waals surface area contributed by atoms with Gasteiger partial charge in [0.1, 0.15) is 5.82 Å². The second-order valence-corrected chi connectivity index (χ2v) is 4.93. The Morgan fingerprint density at radius 1 is 1.53 bits per heavy atom. The average Bonchev–Trinajstić information content (AvgIpc) is 2.18. The van der Waals surface area contributed by atoms with Crippen molar-refractivity contribution in [2.24, 2.45) is 5.92 Å². The van der Waals surface area contributed by atoms with Crippen molar-refractivity contribution in [3.63, 3.8) is 0 Å². The van der Waals surface area contributed by atoms with Crippen LogP contribution in [0.25, 0.3) is 0 Å². The Balaban J connectivity index is 2.82. The number of nitrogens with zero attached hydrogens (tertiary/aromatic N) is 2. The van der Waals surface area contributed by atoms with Gasteiger partial charge >= 0.3 is 0 Å². The topological polar surface area (TPSA) is 37.8 Å². The van der Waals surface area contributed by atoms with Gasteiger partial charge in [0.15, 0.2) is 0 Å². The molecule has 1 rings (SSSR count). The fourth-order valence-electron chi connectivity index (χ4n) is 1.36. The van der Waals surface area contributed by atoms with Crippen LogP contribution in [-0.2, 0) is 0 Å². The van der Waals surface area contributed by atoms with Crippen molar-refractivity contribution in [1.82, 2.24) is 9.97 Å². The molecule has 0 aliphatic rings. The van der Waals surface area contributed by atoms with Gasteiger partial charge in [-0.1, -0.05) is 20.8 Å². The van der Waals surface area contributed by atoms with Crippen LogP contribution in [-0.4, -0.2) is 16.0 Å². The van der Waals surface area contributed by atoms with E-state index in [1.807, 2.05) is 0 Å². The van der Waals surface area contributed by atoms with Crippen molar-refractivity contribution in [3.8, 4) is 0 Å². The quantitative estimate of drug-likeness (QED) is 0.859. The van der Waals surface area contributed by atoms with Crippen molar-refractivity contribution in [2.45, 2.75) is 33.2 Å². The number of hydrogen-bond acceptors (Lipinski definition) is 3. The standard InChI is InChI=1S/C10H15BrClN3/c1-4-8(6(2)3)14-9-7(11)5-13-10(12)15-9/h5-6,8H,4H2,1-3H3,(H,13,14,15). The molecule has 0 saturated carbocycles. The lowest BCUT2D eigenvalue weighted by Crippen LogP contribution is -2.25. The fourth-order valence-corrected chi connectivity index (χ4v) is 1.80. The Kier molecular flexibility index (Phi) is 4.80. The van der Waals surface area contributed by atoms with E-state index in [9.17, 15) is 0 Å². The van der Waals surface area contributed by atoms with E-state index >= 15 is 0 Å². The first-order valence-electron chi connectivity index (χ1n) is 4.99. The molecular formula is C10H15BrClN3. The molecule has 0 aliphatic heterocycles. The summed E-state index contributed by atoms with van der Waals surface area (Å²) < 4.78 is 0.839. The van der Waals surface area contributed by atoms with Crippen LogP contribution in [0.2, 0.25) is 5.28 Å². The molecule has 0 aromatic carbocycles. The van der Waals surface area contributed by atoms with Crippen molar-refractivity contribution >= 4 is 33.3 Å². The van der Waals surface area contributed by atoms with Crippen LogP contribution in [0.3, 0.4) is 0 Å². The van der Waals surface area contributed by atoms with Crippen LogP contribution in [0.1, 0.15) is 27.2 Å². The molecule has 1 heterocycles. The van der Waals surface area contributed by atoms with E-state index in [1.54, 1.807) is 6.20 Å². The van der Waals surface area contributed by atoms with Gasteiger partial charge in [0.25, 0.3) is 0 Å². The van der Waals surface area contributed by atoms with Gasteiger partial charge in [0.2, 0.25) is 5.28 Å². The molecule has 15 heavy (non-hydrogen) atoms. The van der Waals surface area contributed by atoms with E-state index in [0.29, 0.717) is 12.0 Å². The largest absolute Gasteiger partial charge is 0.366 e. The Labute approximate surface area is 104 Å². The summed E-state index contributed by atoms with van der Waals surface area (Å²) in [6, 6.07) is 0.396. The zero-order valence-electron chi connectivity index (χ0n) is 9.09. The van der Waals surface area contributed by atoms with E-state index in [2.05, 4.69) is 52.0 Å². The maximum absolute atomic E-state index is 5.74. The molecule has 1 aromatic rings. The number of rotatable bonds is 4. The fraction of sp³-hybridized carbons (Fsp3) is 0.600. The Hall–Kier alpha value is -0.350. The van der Waals surface area contributed by atoms with E-state index in [0.717, 1.165) is 16.7 Å². The monoisotopic (exact) mass is 291 g/mol. The van der Waals surface area contributed by atoms with Crippen LogP contribution >= 0.6 is 27.5 Å². The van der Waals surface area contributed by atoms with Gasteiger partial charge in [-0.3, -0.25) is 0 Å². The van der Waals surface area contributed by atoms with Crippen LogP contribution in [0.4, 0.5) is 5.82 Å². The molecule has 0 fully saturated rings. The summed E-state index contributed by atoms with van der Waals surface area (Å²) in [5.41, 5.74) is 0. The normalized spacial score (nSPS) is 12.9. The number of aromatic nitrogens is 2. The van der Waals surface area contributed by atoms with Gasteiger partial charge in [0.05, 0.1) is 4.47 Å². The molecule has 5 heteroatoms. The predicted octanol–water partition coefficient (Wildman–Crippen LogP) is 3.74. The number of anilines is 1. The lowest BCUT2D eigenvalue weighted by molar-refractivity contribution is 0.509. The smallest absolute Gasteiger partial charge is 0.224 e. The second-order valence-electron chi connectivity index (χ2n) is 3.74. The molecule has 0 saturated heterocycles. The van der Waals surface area contributed by atoms with E-state index in [4.69, 9.17) is 11.6 Å². The third kappa shape index (κ3) is 3.61. The van der Waals surface area contributed by atoms with Crippen LogP contribution in [0.15, 0.2) is 10.7 Å². The highest BCUT2D eigenvalue weighted by Crippen LogP contribution is 2.22. The van der Waals surface area contributed by atoms with Gasteiger partial charge in [-0.15, -0.1) is 0 Å². The Morgan fingerprint density at radius 3 is 2.73 bits per heavy atom.